The van der Waals surface area contributed by atoms with Crippen molar-refractivity contribution in [3.8, 4) is 5.75 Å². The quantitative estimate of drug-likeness (QED) is 0.577. The van der Waals surface area contributed by atoms with Crippen molar-refractivity contribution in [2.24, 2.45) is 0 Å². The molecule has 0 saturated carbocycles. The van der Waals surface area contributed by atoms with Gasteiger partial charge in [0, 0.05) is 0 Å². The number of benzene rings is 2. The molecule has 6 nitrogen and oxygen atoms in total. The number of carbonyl (C=O) groups excluding carboxylic acids is 1. The Morgan fingerprint density at radius 3 is 2.40 bits per heavy atom. The molecule has 3 rings (SSSR count). The van der Waals surface area contributed by atoms with Crippen molar-refractivity contribution in [1.82, 2.24) is 9.97 Å². The molecule has 0 aliphatic rings. The molecule has 0 radical (unpaired) electrons. The highest BCUT2D eigenvalue weighted by Crippen LogP contribution is 2.25. The van der Waals surface area contributed by atoms with Crippen molar-refractivity contribution in [3.63, 3.8) is 0 Å². The molecule has 0 aliphatic heterocycles. The first-order chi connectivity index (χ1) is 9.70. The molecular weight excluding hydrogens is 260 g/mol. The maximum atomic E-state index is 11.2. The number of aromatic nitrogens is 2. The van der Waals surface area contributed by atoms with Gasteiger partial charge in [0.25, 0.3) is 6.47 Å². The Bertz CT molecular complexity index is 845. The highest BCUT2D eigenvalue weighted by molar-refractivity contribution is 6.03. The van der Waals surface area contributed by atoms with Crippen molar-refractivity contribution >= 4 is 34.5 Å². The molecule has 6 heteroatoms. The first-order valence-corrected chi connectivity index (χ1v) is 5.74. The molecule has 0 aliphatic carbocycles. The van der Waals surface area contributed by atoms with Crippen LogP contribution in [-0.4, -0.2) is 27.5 Å². The lowest BCUT2D eigenvalue weighted by molar-refractivity contribution is -0.120. The Kier molecular flexibility index (Phi) is 2.76. The van der Waals surface area contributed by atoms with Crippen LogP contribution in [0.15, 0.2) is 36.4 Å². The second-order valence-electron chi connectivity index (χ2n) is 4.04. The van der Waals surface area contributed by atoms with Crippen molar-refractivity contribution < 1.29 is 19.4 Å². The van der Waals surface area contributed by atoms with Crippen LogP contribution < -0.4 is 4.74 Å². The van der Waals surface area contributed by atoms with E-state index < -0.39 is 5.97 Å². The monoisotopic (exact) mass is 268 g/mol. The summed E-state index contributed by atoms with van der Waals surface area (Å²) in [6.45, 7) is 0.314. The van der Waals surface area contributed by atoms with E-state index in [2.05, 4.69) is 9.97 Å². The van der Waals surface area contributed by atoms with E-state index in [0.717, 1.165) is 0 Å². The summed E-state index contributed by atoms with van der Waals surface area (Å²) >= 11 is 0. The second kappa shape index (κ2) is 4.58. The number of para-hydroxylation sites is 2. The van der Waals surface area contributed by atoms with Gasteiger partial charge in [-0.1, -0.05) is 12.1 Å². The third-order valence-electron chi connectivity index (χ3n) is 2.86. The number of hydrogen-bond acceptors (Lipinski definition) is 5. The molecule has 0 spiro atoms. The molecular formula is C14H8N2O4. The van der Waals surface area contributed by atoms with E-state index in [1.54, 1.807) is 30.3 Å². The Hall–Kier alpha value is -3.02. The minimum Gasteiger partial charge on any atom is -0.478 e. The number of rotatable bonds is 3. The normalized spacial score (nSPS) is 10.6. The predicted octanol–water partition coefficient (Wildman–Crippen LogP) is 2.02. The van der Waals surface area contributed by atoms with Crippen LogP contribution in [0.5, 0.6) is 5.75 Å². The summed E-state index contributed by atoms with van der Waals surface area (Å²) in [5, 5.41) is 9.15. The number of carbonyl (C=O) groups is 2. The van der Waals surface area contributed by atoms with E-state index in [1.165, 1.54) is 6.07 Å². The lowest BCUT2D eigenvalue weighted by atomic mass is 10.1. The Balaban J connectivity index is 2.39. The molecule has 3 aromatic rings. The van der Waals surface area contributed by atoms with Gasteiger partial charge in [-0.2, -0.15) is 0 Å². The van der Waals surface area contributed by atoms with Crippen LogP contribution in [0.4, 0.5) is 0 Å². The standard InChI is InChI=1S/C14H8N2O4/c17-7-20-11-6-2-5-10-13(11)16-9-4-1-3-8(14(18)19)12(9)15-10/h1-7H,(H,18,19). The van der Waals surface area contributed by atoms with Crippen LogP contribution in [-0.2, 0) is 4.79 Å². The molecule has 0 bridgehead atoms. The summed E-state index contributed by atoms with van der Waals surface area (Å²) in [5.74, 6) is -0.780. The summed E-state index contributed by atoms with van der Waals surface area (Å²) < 4.78 is 4.85. The van der Waals surface area contributed by atoms with Gasteiger partial charge in [-0.3, -0.25) is 4.79 Å². The molecule has 0 amide bonds. The fourth-order valence-corrected chi connectivity index (χ4v) is 2.01. The van der Waals surface area contributed by atoms with Gasteiger partial charge in [0.1, 0.15) is 11.0 Å². The first kappa shape index (κ1) is 12.0. The van der Waals surface area contributed by atoms with E-state index in [1.807, 2.05) is 0 Å². The Labute approximate surface area is 112 Å². The Morgan fingerprint density at radius 2 is 1.70 bits per heavy atom. The van der Waals surface area contributed by atoms with Gasteiger partial charge in [0.15, 0.2) is 5.75 Å². The third kappa shape index (κ3) is 1.83. The molecule has 2 aromatic carbocycles. The lowest BCUT2D eigenvalue weighted by Crippen LogP contribution is -2.01. The molecule has 0 unspecified atom stereocenters. The summed E-state index contributed by atoms with van der Waals surface area (Å²) in [6.07, 6.45) is 0. The van der Waals surface area contributed by atoms with Crippen molar-refractivity contribution in [1.29, 1.82) is 0 Å². The van der Waals surface area contributed by atoms with Crippen LogP contribution in [0.1, 0.15) is 10.4 Å². The highest BCUT2D eigenvalue weighted by atomic mass is 16.5. The number of nitrogens with zero attached hydrogens (tertiary/aromatic N) is 2. The topological polar surface area (TPSA) is 89.4 Å². The first-order valence-electron chi connectivity index (χ1n) is 5.74. The van der Waals surface area contributed by atoms with Gasteiger partial charge in [-0.25, -0.2) is 14.8 Å². The second-order valence-corrected chi connectivity index (χ2v) is 4.04. The summed E-state index contributed by atoms with van der Waals surface area (Å²) in [7, 11) is 0. The number of ether oxygens (including phenoxy) is 1. The summed E-state index contributed by atoms with van der Waals surface area (Å²) in [5.41, 5.74) is 1.69. The molecule has 1 aromatic heterocycles. The van der Waals surface area contributed by atoms with E-state index in [4.69, 9.17) is 9.84 Å². The van der Waals surface area contributed by atoms with Crippen LogP contribution in [0.25, 0.3) is 22.1 Å². The molecule has 20 heavy (non-hydrogen) atoms. The number of carboxylic acids is 1. The van der Waals surface area contributed by atoms with E-state index >= 15 is 0 Å². The predicted molar refractivity (Wildman–Crippen MR) is 70.7 cm³/mol. The molecule has 0 fully saturated rings. The van der Waals surface area contributed by atoms with Crippen molar-refractivity contribution in [2.45, 2.75) is 0 Å². The summed E-state index contributed by atoms with van der Waals surface area (Å²) in [4.78, 5) is 30.3. The largest absolute Gasteiger partial charge is 0.478 e. The number of aromatic carboxylic acids is 1. The van der Waals surface area contributed by atoms with Crippen molar-refractivity contribution in [3.05, 3.63) is 42.0 Å². The number of fused-ring (bicyclic) bond motifs is 2. The molecule has 0 saturated heterocycles. The van der Waals surface area contributed by atoms with Crippen LogP contribution >= 0.6 is 0 Å². The third-order valence-corrected chi connectivity index (χ3v) is 2.86. The maximum Gasteiger partial charge on any atom is 0.337 e. The number of carboxylic acid groups (broad SMARTS) is 1. The molecule has 1 N–H and O–H groups in total. The SMILES string of the molecule is O=COc1cccc2nc3c(C(=O)O)cccc3nc12. The van der Waals surface area contributed by atoms with Gasteiger partial charge in [-0.15, -0.1) is 0 Å². The van der Waals surface area contributed by atoms with Gasteiger partial charge >= 0.3 is 5.97 Å². The van der Waals surface area contributed by atoms with Crippen LogP contribution in [0.2, 0.25) is 0 Å². The van der Waals surface area contributed by atoms with E-state index in [0.29, 0.717) is 28.5 Å². The van der Waals surface area contributed by atoms with Crippen LogP contribution in [0.3, 0.4) is 0 Å². The minimum absolute atomic E-state index is 0.0820. The summed E-state index contributed by atoms with van der Waals surface area (Å²) in [6, 6.07) is 9.65. The fraction of sp³-hybridized carbons (Fsp3) is 0. The lowest BCUT2D eigenvalue weighted by Gasteiger charge is -2.06. The average Bonchev–Trinajstić information content (AvgIpc) is 2.45. The van der Waals surface area contributed by atoms with E-state index in [-0.39, 0.29) is 11.3 Å². The van der Waals surface area contributed by atoms with E-state index in [9.17, 15) is 9.59 Å². The number of hydrogen-bond donors (Lipinski definition) is 1. The molecule has 0 atom stereocenters. The molecule has 98 valence electrons. The van der Waals surface area contributed by atoms with Gasteiger partial charge < -0.3 is 9.84 Å². The van der Waals surface area contributed by atoms with Gasteiger partial charge in [0.2, 0.25) is 0 Å². The van der Waals surface area contributed by atoms with Gasteiger partial charge in [-0.05, 0) is 24.3 Å². The smallest absolute Gasteiger partial charge is 0.337 e. The van der Waals surface area contributed by atoms with Gasteiger partial charge in [0.05, 0.1) is 16.6 Å². The van der Waals surface area contributed by atoms with Crippen molar-refractivity contribution in [2.75, 3.05) is 0 Å². The zero-order valence-electron chi connectivity index (χ0n) is 10.1. The Morgan fingerprint density at radius 1 is 1.05 bits per heavy atom. The zero-order valence-corrected chi connectivity index (χ0v) is 10.1. The average molecular weight is 268 g/mol. The highest BCUT2D eigenvalue weighted by Gasteiger charge is 2.13. The van der Waals surface area contributed by atoms with Crippen LogP contribution in [0, 0.1) is 0 Å². The fourth-order valence-electron chi connectivity index (χ4n) is 2.01. The minimum atomic E-state index is -1.07. The maximum absolute atomic E-state index is 11.2. The zero-order chi connectivity index (χ0) is 14.1. The molecule has 1 heterocycles.